The van der Waals surface area contributed by atoms with E-state index >= 15 is 0 Å². The minimum Gasteiger partial charge on any atom is -0.479 e. The van der Waals surface area contributed by atoms with Crippen LogP contribution in [0.3, 0.4) is 0 Å². The molecular weight excluding hydrogens is 132 g/mol. The number of allylic oxidation sites excluding steroid dienone is 1. The van der Waals surface area contributed by atoms with Crippen molar-refractivity contribution in [2.24, 2.45) is 10.2 Å². The molecule has 0 radical (unpaired) electrons. The largest absolute Gasteiger partial charge is 0.479 e. The van der Waals surface area contributed by atoms with E-state index < -0.39 is 12.0 Å². The van der Waals surface area contributed by atoms with Gasteiger partial charge in [-0.2, -0.15) is 10.2 Å². The number of azo groups is 1. The lowest BCUT2D eigenvalue weighted by atomic mass is 10.2. The summed E-state index contributed by atoms with van der Waals surface area (Å²) in [6, 6.07) is -0.741. The van der Waals surface area contributed by atoms with Crippen LogP contribution in [0.2, 0.25) is 0 Å². The fraction of sp³-hybridized carbons (Fsp3) is 0.500. The van der Waals surface area contributed by atoms with Gasteiger partial charge in [0.15, 0.2) is 6.04 Å². The molecular formula is C6H8N2O2. The summed E-state index contributed by atoms with van der Waals surface area (Å²) in [5, 5.41) is 15.6. The minimum absolute atomic E-state index is 0.741. The molecule has 0 saturated heterocycles. The van der Waals surface area contributed by atoms with Gasteiger partial charge in [-0.25, -0.2) is 4.79 Å². The van der Waals surface area contributed by atoms with Crippen LogP contribution in [-0.4, -0.2) is 17.1 Å². The Balaban J connectivity index is 2.65. The molecule has 1 unspecified atom stereocenters. The van der Waals surface area contributed by atoms with Crippen molar-refractivity contribution < 1.29 is 9.90 Å². The fourth-order valence-corrected chi connectivity index (χ4v) is 0.694. The van der Waals surface area contributed by atoms with Crippen LogP contribution in [0.15, 0.2) is 22.0 Å². The highest BCUT2D eigenvalue weighted by atomic mass is 16.4. The summed E-state index contributed by atoms with van der Waals surface area (Å²) >= 11 is 0. The first kappa shape index (κ1) is 6.92. The second-order valence-electron chi connectivity index (χ2n) is 2.01. The van der Waals surface area contributed by atoms with Gasteiger partial charge in [-0.1, -0.05) is 6.92 Å². The fourth-order valence-electron chi connectivity index (χ4n) is 0.694. The maximum atomic E-state index is 10.3. The summed E-state index contributed by atoms with van der Waals surface area (Å²) in [6.07, 6.45) is 2.30. The van der Waals surface area contributed by atoms with Gasteiger partial charge in [0.25, 0.3) is 0 Å². The SMILES string of the molecule is CCC1=CC(C(=O)O)N=N1. The normalized spacial score (nSPS) is 22.9. The second kappa shape index (κ2) is 2.60. The van der Waals surface area contributed by atoms with Crippen molar-refractivity contribution in [3.63, 3.8) is 0 Å². The van der Waals surface area contributed by atoms with Crippen LogP contribution < -0.4 is 0 Å². The smallest absolute Gasteiger partial charge is 0.334 e. The van der Waals surface area contributed by atoms with Crippen LogP contribution in [0.1, 0.15) is 13.3 Å². The lowest BCUT2D eigenvalue weighted by Crippen LogP contribution is -2.12. The number of rotatable bonds is 2. The predicted octanol–water partition coefficient (Wildman–Crippen LogP) is 1.20. The molecule has 0 aromatic heterocycles. The van der Waals surface area contributed by atoms with Crippen LogP contribution in [0.25, 0.3) is 0 Å². The zero-order chi connectivity index (χ0) is 7.56. The van der Waals surface area contributed by atoms with Gasteiger partial charge in [-0.05, 0) is 12.5 Å². The Labute approximate surface area is 58.3 Å². The number of hydrogen-bond donors (Lipinski definition) is 1. The Kier molecular flexibility index (Phi) is 1.80. The Morgan fingerprint density at radius 2 is 2.60 bits per heavy atom. The lowest BCUT2D eigenvalue weighted by Gasteiger charge is -1.89. The van der Waals surface area contributed by atoms with Gasteiger partial charge in [0.2, 0.25) is 0 Å². The highest BCUT2D eigenvalue weighted by Gasteiger charge is 2.18. The van der Waals surface area contributed by atoms with E-state index in [1.165, 1.54) is 0 Å². The summed E-state index contributed by atoms with van der Waals surface area (Å²) in [7, 11) is 0. The van der Waals surface area contributed by atoms with Crippen molar-refractivity contribution in [3.8, 4) is 0 Å². The molecule has 0 spiro atoms. The molecule has 1 aliphatic rings. The summed E-state index contributed by atoms with van der Waals surface area (Å²) in [5.41, 5.74) is 0.757. The molecule has 0 bridgehead atoms. The van der Waals surface area contributed by atoms with E-state index in [0.717, 1.165) is 12.1 Å². The highest BCUT2D eigenvalue weighted by Crippen LogP contribution is 2.14. The highest BCUT2D eigenvalue weighted by molar-refractivity contribution is 5.76. The van der Waals surface area contributed by atoms with E-state index in [2.05, 4.69) is 10.2 Å². The van der Waals surface area contributed by atoms with Crippen LogP contribution in [0.5, 0.6) is 0 Å². The van der Waals surface area contributed by atoms with E-state index in [4.69, 9.17) is 5.11 Å². The zero-order valence-electron chi connectivity index (χ0n) is 5.61. The maximum absolute atomic E-state index is 10.3. The first-order valence-corrected chi connectivity index (χ1v) is 3.08. The van der Waals surface area contributed by atoms with Crippen LogP contribution in [0, 0.1) is 0 Å². The first-order chi connectivity index (χ1) is 4.74. The molecule has 0 saturated carbocycles. The molecule has 4 heteroatoms. The van der Waals surface area contributed by atoms with E-state index in [9.17, 15) is 4.79 Å². The van der Waals surface area contributed by atoms with Gasteiger partial charge in [0.1, 0.15) is 0 Å². The second-order valence-corrected chi connectivity index (χ2v) is 2.01. The number of aliphatic carboxylic acids is 1. The van der Waals surface area contributed by atoms with Gasteiger partial charge in [0.05, 0.1) is 5.70 Å². The van der Waals surface area contributed by atoms with Crippen molar-refractivity contribution in [1.29, 1.82) is 0 Å². The number of carboxylic acids is 1. The molecule has 0 aromatic carbocycles. The van der Waals surface area contributed by atoms with Crippen LogP contribution in [0.4, 0.5) is 0 Å². The predicted molar refractivity (Wildman–Crippen MR) is 34.7 cm³/mol. The van der Waals surface area contributed by atoms with Gasteiger partial charge >= 0.3 is 5.97 Å². The van der Waals surface area contributed by atoms with E-state index in [1.807, 2.05) is 6.92 Å². The Morgan fingerprint density at radius 3 is 2.90 bits per heavy atom. The third kappa shape index (κ3) is 1.21. The summed E-state index contributed by atoms with van der Waals surface area (Å²) in [4.78, 5) is 10.3. The lowest BCUT2D eigenvalue weighted by molar-refractivity contribution is -0.137. The van der Waals surface area contributed by atoms with E-state index in [1.54, 1.807) is 6.08 Å². The Hall–Kier alpha value is -1.19. The first-order valence-electron chi connectivity index (χ1n) is 3.08. The third-order valence-electron chi connectivity index (χ3n) is 1.28. The summed E-state index contributed by atoms with van der Waals surface area (Å²) < 4.78 is 0. The molecule has 1 N–H and O–H groups in total. The van der Waals surface area contributed by atoms with Gasteiger partial charge in [0, 0.05) is 0 Å². The molecule has 1 rings (SSSR count). The molecule has 0 fully saturated rings. The summed E-state index contributed by atoms with van der Waals surface area (Å²) in [6.45, 7) is 1.91. The number of hydrogen-bond acceptors (Lipinski definition) is 3. The molecule has 0 aliphatic carbocycles. The number of nitrogens with zero attached hydrogens (tertiary/aromatic N) is 2. The minimum atomic E-state index is -0.938. The van der Waals surface area contributed by atoms with Crippen molar-refractivity contribution >= 4 is 5.97 Å². The van der Waals surface area contributed by atoms with Gasteiger partial charge < -0.3 is 5.11 Å². The van der Waals surface area contributed by atoms with Crippen molar-refractivity contribution in [2.75, 3.05) is 0 Å². The summed E-state index contributed by atoms with van der Waals surface area (Å²) in [5.74, 6) is -0.938. The zero-order valence-corrected chi connectivity index (χ0v) is 5.61. The van der Waals surface area contributed by atoms with E-state index in [-0.39, 0.29) is 0 Å². The molecule has 1 atom stereocenters. The third-order valence-corrected chi connectivity index (χ3v) is 1.28. The quantitative estimate of drug-likeness (QED) is 0.626. The van der Waals surface area contributed by atoms with Crippen molar-refractivity contribution in [2.45, 2.75) is 19.4 Å². The van der Waals surface area contributed by atoms with Crippen molar-refractivity contribution in [3.05, 3.63) is 11.8 Å². The average Bonchev–Trinajstić information content (AvgIpc) is 2.34. The van der Waals surface area contributed by atoms with Gasteiger partial charge in [-0.3, -0.25) is 0 Å². The van der Waals surface area contributed by atoms with Crippen LogP contribution >= 0.6 is 0 Å². The number of carboxylic acid groups (broad SMARTS) is 1. The molecule has 1 heterocycles. The topological polar surface area (TPSA) is 62.0 Å². The number of carbonyl (C=O) groups is 1. The van der Waals surface area contributed by atoms with Crippen LogP contribution in [-0.2, 0) is 4.79 Å². The Morgan fingerprint density at radius 1 is 1.90 bits per heavy atom. The Bertz CT molecular complexity index is 208. The monoisotopic (exact) mass is 140 g/mol. The maximum Gasteiger partial charge on any atom is 0.334 e. The standard InChI is InChI=1S/C6H8N2O2/c1-2-4-3-5(6(9)10)8-7-4/h3,5H,2H2,1H3,(H,9,10). The molecule has 4 nitrogen and oxygen atoms in total. The van der Waals surface area contributed by atoms with Crippen molar-refractivity contribution in [1.82, 2.24) is 0 Å². The molecule has 54 valence electrons. The molecule has 10 heavy (non-hydrogen) atoms. The molecule has 0 amide bonds. The molecule has 1 aliphatic heterocycles. The van der Waals surface area contributed by atoms with E-state index in [0.29, 0.717) is 0 Å². The average molecular weight is 140 g/mol. The van der Waals surface area contributed by atoms with Gasteiger partial charge in [-0.15, -0.1) is 0 Å². The molecule has 0 aromatic rings.